The summed E-state index contributed by atoms with van der Waals surface area (Å²) in [7, 11) is 0. The minimum atomic E-state index is 0.972. The van der Waals surface area contributed by atoms with Gasteiger partial charge in [-0.05, 0) is 25.5 Å². The molecule has 0 radical (unpaired) electrons. The summed E-state index contributed by atoms with van der Waals surface area (Å²) in [6.07, 6.45) is 12.7. The van der Waals surface area contributed by atoms with Gasteiger partial charge in [0.25, 0.3) is 0 Å². The first-order valence-electron chi connectivity index (χ1n) is 9.80. The third kappa shape index (κ3) is 12.3. The summed E-state index contributed by atoms with van der Waals surface area (Å²) in [6.45, 7) is 8.68. The SMILES string of the molecule is CCCCCCCCCCCNCCNCc1ccc(C)cc1. The lowest BCUT2D eigenvalue weighted by molar-refractivity contribution is 0.542. The summed E-state index contributed by atoms with van der Waals surface area (Å²) in [4.78, 5) is 0. The van der Waals surface area contributed by atoms with Crippen LogP contribution >= 0.6 is 0 Å². The lowest BCUT2D eigenvalue weighted by atomic mass is 10.1. The van der Waals surface area contributed by atoms with E-state index >= 15 is 0 Å². The van der Waals surface area contributed by atoms with Gasteiger partial charge in [-0.25, -0.2) is 0 Å². The van der Waals surface area contributed by atoms with Crippen LogP contribution in [0.15, 0.2) is 24.3 Å². The number of nitrogens with one attached hydrogen (secondary N) is 2. The molecule has 2 nitrogen and oxygen atoms in total. The molecule has 0 atom stereocenters. The van der Waals surface area contributed by atoms with E-state index in [1.54, 1.807) is 0 Å². The van der Waals surface area contributed by atoms with Gasteiger partial charge in [0.1, 0.15) is 0 Å². The molecule has 0 aliphatic heterocycles. The van der Waals surface area contributed by atoms with Gasteiger partial charge < -0.3 is 10.6 Å². The zero-order valence-electron chi connectivity index (χ0n) is 15.5. The topological polar surface area (TPSA) is 24.1 Å². The van der Waals surface area contributed by atoms with Crippen molar-refractivity contribution in [2.24, 2.45) is 0 Å². The largest absolute Gasteiger partial charge is 0.315 e. The maximum atomic E-state index is 3.54. The third-order valence-corrected chi connectivity index (χ3v) is 4.39. The van der Waals surface area contributed by atoms with E-state index in [1.165, 1.54) is 75.5 Å². The Morgan fingerprint density at radius 2 is 1.22 bits per heavy atom. The van der Waals surface area contributed by atoms with Crippen LogP contribution < -0.4 is 10.6 Å². The Hall–Kier alpha value is -0.860. The predicted molar refractivity (Wildman–Crippen MR) is 103 cm³/mol. The van der Waals surface area contributed by atoms with Crippen molar-refractivity contribution >= 4 is 0 Å². The van der Waals surface area contributed by atoms with E-state index in [2.05, 4.69) is 48.7 Å². The molecule has 1 aromatic carbocycles. The van der Waals surface area contributed by atoms with E-state index in [4.69, 9.17) is 0 Å². The highest BCUT2D eigenvalue weighted by molar-refractivity contribution is 5.20. The fourth-order valence-electron chi connectivity index (χ4n) is 2.80. The normalized spacial score (nSPS) is 11.0. The molecule has 0 fully saturated rings. The number of aryl methyl sites for hydroxylation is 1. The highest BCUT2D eigenvalue weighted by Gasteiger charge is 1.94. The van der Waals surface area contributed by atoms with Crippen LogP contribution in [-0.2, 0) is 6.54 Å². The first-order valence-corrected chi connectivity index (χ1v) is 9.80. The van der Waals surface area contributed by atoms with Crippen molar-refractivity contribution < 1.29 is 0 Å². The van der Waals surface area contributed by atoms with Gasteiger partial charge in [0.05, 0.1) is 0 Å². The van der Waals surface area contributed by atoms with Gasteiger partial charge in [-0.2, -0.15) is 0 Å². The Labute approximate surface area is 144 Å². The summed E-state index contributed by atoms with van der Waals surface area (Å²) < 4.78 is 0. The third-order valence-electron chi connectivity index (χ3n) is 4.39. The van der Waals surface area contributed by atoms with Crippen LogP contribution in [0.1, 0.15) is 75.8 Å². The summed E-state index contributed by atoms with van der Waals surface area (Å²) in [5, 5.41) is 7.03. The smallest absolute Gasteiger partial charge is 0.0206 e. The van der Waals surface area contributed by atoms with Crippen molar-refractivity contribution in [1.82, 2.24) is 10.6 Å². The minimum absolute atomic E-state index is 0.972. The quantitative estimate of drug-likeness (QED) is 0.434. The van der Waals surface area contributed by atoms with E-state index < -0.39 is 0 Å². The van der Waals surface area contributed by atoms with Crippen LogP contribution in [-0.4, -0.2) is 19.6 Å². The summed E-state index contributed by atoms with van der Waals surface area (Å²) in [5.74, 6) is 0. The fraction of sp³-hybridized carbons (Fsp3) is 0.714. The zero-order chi connectivity index (χ0) is 16.6. The molecule has 2 N–H and O–H groups in total. The standard InChI is InChI=1S/C21H38N2/c1-3-4-5-6-7-8-9-10-11-16-22-17-18-23-19-21-14-12-20(2)13-15-21/h12-15,22-23H,3-11,16-19H2,1-2H3. The molecule has 0 heterocycles. The molecule has 0 aliphatic carbocycles. The van der Waals surface area contributed by atoms with Gasteiger partial charge in [-0.3, -0.25) is 0 Å². The molecule has 1 aromatic rings. The van der Waals surface area contributed by atoms with E-state index in [0.717, 1.165) is 19.6 Å². The number of benzene rings is 1. The van der Waals surface area contributed by atoms with Crippen molar-refractivity contribution in [2.75, 3.05) is 19.6 Å². The van der Waals surface area contributed by atoms with Crippen molar-refractivity contribution in [3.63, 3.8) is 0 Å². The van der Waals surface area contributed by atoms with Gasteiger partial charge in [0.15, 0.2) is 0 Å². The Kier molecular flexibility index (Phi) is 12.9. The number of hydrogen-bond acceptors (Lipinski definition) is 2. The molecule has 0 aliphatic rings. The van der Waals surface area contributed by atoms with Gasteiger partial charge in [-0.15, -0.1) is 0 Å². The minimum Gasteiger partial charge on any atom is -0.315 e. The molecule has 132 valence electrons. The molecule has 0 saturated heterocycles. The fourth-order valence-corrected chi connectivity index (χ4v) is 2.80. The molecule has 0 spiro atoms. The lowest BCUT2D eigenvalue weighted by Gasteiger charge is -2.07. The second-order valence-electron chi connectivity index (χ2n) is 6.74. The highest BCUT2D eigenvalue weighted by atomic mass is 14.9. The van der Waals surface area contributed by atoms with Crippen LogP contribution in [0, 0.1) is 6.92 Å². The second kappa shape index (κ2) is 14.7. The summed E-state index contributed by atoms with van der Waals surface area (Å²) in [6, 6.07) is 8.77. The van der Waals surface area contributed by atoms with Crippen molar-refractivity contribution in [1.29, 1.82) is 0 Å². The number of rotatable bonds is 15. The second-order valence-corrected chi connectivity index (χ2v) is 6.74. The summed E-state index contributed by atoms with van der Waals surface area (Å²) in [5.41, 5.74) is 2.70. The Bertz CT molecular complexity index is 359. The Morgan fingerprint density at radius 3 is 1.87 bits per heavy atom. The van der Waals surface area contributed by atoms with Crippen LogP contribution in [0.25, 0.3) is 0 Å². The van der Waals surface area contributed by atoms with Gasteiger partial charge in [0.2, 0.25) is 0 Å². The molecule has 2 heteroatoms. The molecule has 0 bridgehead atoms. The van der Waals surface area contributed by atoms with Crippen LogP contribution in [0.4, 0.5) is 0 Å². The lowest BCUT2D eigenvalue weighted by Crippen LogP contribution is -2.27. The van der Waals surface area contributed by atoms with E-state index in [1.807, 2.05) is 0 Å². The first kappa shape index (κ1) is 20.2. The van der Waals surface area contributed by atoms with Crippen LogP contribution in [0.2, 0.25) is 0 Å². The van der Waals surface area contributed by atoms with Crippen molar-refractivity contribution in [3.05, 3.63) is 35.4 Å². The molecule has 0 amide bonds. The molecular formula is C21H38N2. The zero-order valence-corrected chi connectivity index (χ0v) is 15.5. The predicted octanol–water partition coefficient (Wildman–Crippen LogP) is 5.21. The average Bonchev–Trinajstić information content (AvgIpc) is 2.57. The summed E-state index contributed by atoms with van der Waals surface area (Å²) >= 11 is 0. The maximum Gasteiger partial charge on any atom is 0.0206 e. The molecule has 0 unspecified atom stereocenters. The average molecular weight is 319 g/mol. The van der Waals surface area contributed by atoms with Gasteiger partial charge in [0, 0.05) is 19.6 Å². The van der Waals surface area contributed by atoms with Crippen molar-refractivity contribution in [2.45, 2.75) is 78.2 Å². The van der Waals surface area contributed by atoms with E-state index in [9.17, 15) is 0 Å². The molecule has 0 aromatic heterocycles. The Morgan fingerprint density at radius 1 is 0.652 bits per heavy atom. The Balaban J connectivity index is 1.77. The number of unbranched alkanes of at least 4 members (excludes halogenated alkanes) is 8. The van der Waals surface area contributed by atoms with Crippen molar-refractivity contribution in [3.8, 4) is 0 Å². The van der Waals surface area contributed by atoms with Gasteiger partial charge >= 0.3 is 0 Å². The highest BCUT2D eigenvalue weighted by Crippen LogP contribution is 2.09. The maximum absolute atomic E-state index is 3.54. The number of hydrogen-bond donors (Lipinski definition) is 2. The van der Waals surface area contributed by atoms with E-state index in [0.29, 0.717) is 0 Å². The monoisotopic (exact) mass is 318 g/mol. The molecular weight excluding hydrogens is 280 g/mol. The molecule has 1 rings (SSSR count). The molecule has 0 saturated carbocycles. The van der Waals surface area contributed by atoms with Crippen LogP contribution in [0.3, 0.4) is 0 Å². The van der Waals surface area contributed by atoms with Crippen LogP contribution in [0.5, 0.6) is 0 Å². The first-order chi connectivity index (χ1) is 11.3. The van der Waals surface area contributed by atoms with Gasteiger partial charge in [-0.1, -0.05) is 88.1 Å². The van der Waals surface area contributed by atoms with E-state index in [-0.39, 0.29) is 0 Å². The molecule has 23 heavy (non-hydrogen) atoms.